The van der Waals surface area contributed by atoms with Crippen molar-refractivity contribution in [1.29, 1.82) is 0 Å². The van der Waals surface area contributed by atoms with E-state index in [2.05, 4.69) is 0 Å². The summed E-state index contributed by atoms with van der Waals surface area (Å²) in [4.78, 5) is 25.1. The number of alkyl halides is 6. The van der Waals surface area contributed by atoms with Crippen molar-refractivity contribution in [2.75, 3.05) is 7.11 Å². The van der Waals surface area contributed by atoms with E-state index in [1.165, 1.54) is 7.11 Å². The molecule has 0 aliphatic heterocycles. The van der Waals surface area contributed by atoms with E-state index in [-0.39, 0.29) is 16.9 Å². The number of hydrogen-bond acceptors (Lipinski definition) is 3. The summed E-state index contributed by atoms with van der Waals surface area (Å²) >= 11 is 34.3. The summed E-state index contributed by atoms with van der Waals surface area (Å²) in [6.07, 6.45) is 0. The highest BCUT2D eigenvalue weighted by molar-refractivity contribution is 6.78. The van der Waals surface area contributed by atoms with Crippen molar-refractivity contribution in [3.63, 3.8) is 0 Å². The molecule has 0 bridgehead atoms. The van der Waals surface area contributed by atoms with Gasteiger partial charge in [-0.2, -0.15) is 0 Å². The zero-order valence-electron chi connectivity index (χ0n) is 11.9. The first-order valence-electron chi connectivity index (χ1n) is 6.32. The third-order valence-electron chi connectivity index (χ3n) is 3.20. The molecular weight excluding hydrogens is 441 g/mol. The Balaban J connectivity index is 2.91. The van der Waals surface area contributed by atoms with Crippen molar-refractivity contribution in [3.05, 3.63) is 41.5 Å². The van der Waals surface area contributed by atoms with Crippen LogP contribution in [0.4, 0.5) is 0 Å². The standard InChI is InChI=1S/C15H8Cl6O3/c1-24-11-9(12(22)14(16,17)18)7-5-3-2-4-6-8(7)10(11)13(23)15(19,20)21/h2-6H,1H3. The van der Waals surface area contributed by atoms with Gasteiger partial charge in [-0.25, -0.2) is 0 Å². The Kier molecular flexibility index (Phi) is 5.86. The van der Waals surface area contributed by atoms with Crippen LogP contribution in [0.5, 0.6) is 5.75 Å². The molecule has 0 N–H and O–H groups in total. The van der Waals surface area contributed by atoms with E-state index < -0.39 is 19.2 Å². The molecule has 0 unspecified atom stereocenters. The Bertz CT molecular complexity index is 715. The van der Waals surface area contributed by atoms with Gasteiger partial charge in [-0.15, -0.1) is 0 Å². The summed E-state index contributed by atoms with van der Waals surface area (Å²) < 4.78 is 0.738. The van der Waals surface area contributed by atoms with Crippen molar-refractivity contribution in [3.8, 4) is 16.9 Å². The Hall–Kier alpha value is -0.420. The molecule has 0 radical (unpaired) electrons. The van der Waals surface area contributed by atoms with Crippen molar-refractivity contribution >= 4 is 81.2 Å². The molecule has 2 rings (SSSR count). The first kappa shape index (κ1) is 19.9. The average Bonchev–Trinajstić information content (AvgIpc) is 2.60. The van der Waals surface area contributed by atoms with Crippen molar-refractivity contribution < 1.29 is 14.3 Å². The number of hydrogen-bond donors (Lipinski definition) is 0. The summed E-state index contributed by atoms with van der Waals surface area (Å²) in [5, 5.41) is 0. The Labute approximate surface area is 168 Å². The lowest BCUT2D eigenvalue weighted by atomic mass is 10.1. The first-order chi connectivity index (χ1) is 11.0. The second kappa shape index (κ2) is 7.06. The van der Waals surface area contributed by atoms with E-state index >= 15 is 0 Å². The molecular formula is C15H8Cl6O3. The second-order valence-corrected chi connectivity index (χ2v) is 9.24. The fourth-order valence-electron chi connectivity index (χ4n) is 2.29. The number of ether oxygens (including phenoxy) is 1. The maximum Gasteiger partial charge on any atom is 0.253 e. The number of halogens is 6. The smallest absolute Gasteiger partial charge is 0.253 e. The number of ketones is 2. The Morgan fingerprint density at radius 3 is 1.46 bits per heavy atom. The maximum absolute atomic E-state index is 12.6. The fourth-order valence-corrected chi connectivity index (χ4v) is 2.86. The van der Waals surface area contributed by atoms with Crippen molar-refractivity contribution in [2.45, 2.75) is 7.59 Å². The number of Topliss-reactive ketones (excluding diaryl/α,β-unsaturated/α-hetero) is 2. The van der Waals surface area contributed by atoms with Crippen LogP contribution in [0.2, 0.25) is 0 Å². The molecule has 128 valence electrons. The summed E-state index contributed by atoms with van der Waals surface area (Å²) in [5.41, 5.74) is 0.541. The van der Waals surface area contributed by atoms with Crippen molar-refractivity contribution in [2.24, 2.45) is 0 Å². The van der Waals surface area contributed by atoms with Gasteiger partial charge < -0.3 is 4.74 Å². The van der Waals surface area contributed by atoms with Gasteiger partial charge in [0.1, 0.15) is 5.75 Å². The first-order valence-corrected chi connectivity index (χ1v) is 8.58. The summed E-state index contributed by atoms with van der Waals surface area (Å²) in [5.74, 6) is -1.82. The minimum atomic E-state index is -2.25. The van der Waals surface area contributed by atoms with Crippen molar-refractivity contribution in [1.82, 2.24) is 0 Å². The van der Waals surface area contributed by atoms with E-state index in [0.717, 1.165) is 0 Å². The highest BCUT2D eigenvalue weighted by Crippen LogP contribution is 2.48. The molecule has 0 spiro atoms. The van der Waals surface area contributed by atoms with Gasteiger partial charge in [0.15, 0.2) is 0 Å². The third kappa shape index (κ3) is 3.72. The van der Waals surface area contributed by atoms with E-state index in [9.17, 15) is 9.59 Å². The Morgan fingerprint density at radius 2 is 1.17 bits per heavy atom. The van der Waals surface area contributed by atoms with E-state index in [4.69, 9.17) is 74.3 Å². The minimum Gasteiger partial charge on any atom is -0.495 e. The van der Waals surface area contributed by atoms with Crippen LogP contribution in [-0.2, 0) is 0 Å². The molecule has 2 aliphatic carbocycles. The number of carbonyl (C=O) groups excluding carboxylic acids is 2. The Morgan fingerprint density at radius 1 is 0.792 bits per heavy atom. The molecule has 9 heteroatoms. The monoisotopic (exact) mass is 446 g/mol. The highest BCUT2D eigenvalue weighted by Gasteiger charge is 2.43. The van der Waals surface area contributed by atoms with Crippen LogP contribution in [0.15, 0.2) is 30.3 Å². The summed E-state index contributed by atoms with van der Waals surface area (Å²) in [7, 11) is 1.26. The van der Waals surface area contributed by atoms with Gasteiger partial charge >= 0.3 is 0 Å². The van der Waals surface area contributed by atoms with E-state index in [1.807, 2.05) is 0 Å². The third-order valence-corrected chi connectivity index (χ3v) is 4.23. The second-order valence-electron chi connectivity index (χ2n) is 4.68. The average molecular weight is 449 g/mol. The highest BCUT2D eigenvalue weighted by atomic mass is 35.6. The zero-order valence-corrected chi connectivity index (χ0v) is 16.4. The molecule has 0 amide bonds. The molecule has 3 nitrogen and oxygen atoms in total. The van der Waals surface area contributed by atoms with Gasteiger partial charge in [0.2, 0.25) is 11.6 Å². The SMILES string of the molecule is COc1c(C(=O)C(Cl)(Cl)Cl)c2cccccc-2c1C(=O)C(Cl)(Cl)Cl. The van der Waals surface area contributed by atoms with Crippen LogP contribution in [0.1, 0.15) is 20.7 Å². The lowest BCUT2D eigenvalue weighted by Gasteiger charge is -2.13. The molecule has 0 atom stereocenters. The number of fused-ring (bicyclic) bond motifs is 1. The van der Waals surface area contributed by atoms with Gasteiger partial charge in [-0.1, -0.05) is 99.9 Å². The zero-order chi connectivity index (χ0) is 18.3. The van der Waals surface area contributed by atoms with Gasteiger partial charge in [0.05, 0.1) is 18.2 Å². The minimum absolute atomic E-state index is 0.0682. The lowest BCUT2D eigenvalue weighted by Crippen LogP contribution is -2.21. The molecule has 0 aromatic carbocycles. The predicted octanol–water partition coefficient (Wildman–Crippen LogP) is 5.91. The molecule has 0 heterocycles. The van der Waals surface area contributed by atoms with Crippen LogP contribution in [0.3, 0.4) is 0 Å². The molecule has 2 aliphatic rings. The van der Waals surface area contributed by atoms with E-state index in [0.29, 0.717) is 11.1 Å². The normalized spacial score (nSPS) is 12.3. The molecule has 24 heavy (non-hydrogen) atoms. The van der Waals surface area contributed by atoms with Gasteiger partial charge in [0, 0.05) is 0 Å². The van der Waals surface area contributed by atoms with E-state index in [1.54, 1.807) is 30.3 Å². The van der Waals surface area contributed by atoms with Crippen LogP contribution >= 0.6 is 69.6 Å². The summed E-state index contributed by atoms with van der Waals surface area (Å²) in [6.45, 7) is 0. The summed E-state index contributed by atoms with van der Waals surface area (Å²) in [6, 6.07) is 8.16. The van der Waals surface area contributed by atoms with Gasteiger partial charge in [0.25, 0.3) is 7.59 Å². The van der Waals surface area contributed by atoms with Crippen LogP contribution in [0.25, 0.3) is 11.1 Å². The topological polar surface area (TPSA) is 43.4 Å². The van der Waals surface area contributed by atoms with Crippen LogP contribution < -0.4 is 4.74 Å². The van der Waals surface area contributed by atoms with Crippen LogP contribution in [0, 0.1) is 0 Å². The van der Waals surface area contributed by atoms with Gasteiger partial charge in [-0.3, -0.25) is 9.59 Å². The largest absolute Gasteiger partial charge is 0.495 e. The molecule has 0 aromatic rings. The maximum atomic E-state index is 12.6. The molecule has 0 fully saturated rings. The van der Waals surface area contributed by atoms with Gasteiger partial charge in [-0.05, 0) is 11.1 Å². The molecule has 0 saturated heterocycles. The number of carbonyl (C=O) groups is 2. The van der Waals surface area contributed by atoms with Crippen LogP contribution in [-0.4, -0.2) is 26.3 Å². The number of rotatable bonds is 3. The molecule has 0 saturated carbocycles. The quantitative estimate of drug-likeness (QED) is 0.433. The molecule has 0 aromatic heterocycles. The lowest BCUT2D eigenvalue weighted by molar-refractivity contribution is 0.0994. The fraction of sp³-hybridized carbons (Fsp3) is 0.200. The predicted molar refractivity (Wildman–Crippen MR) is 98.9 cm³/mol. The number of methoxy groups -OCH3 is 1.